The van der Waals surface area contributed by atoms with Crippen molar-refractivity contribution in [3.05, 3.63) is 36.2 Å². The highest BCUT2D eigenvalue weighted by molar-refractivity contribution is 5.44. The molecule has 0 aromatic carbocycles. The highest BCUT2D eigenvalue weighted by Crippen LogP contribution is 2.15. The van der Waals surface area contributed by atoms with Gasteiger partial charge in [-0.25, -0.2) is 8.78 Å². The van der Waals surface area contributed by atoms with Gasteiger partial charge in [0.15, 0.2) is 0 Å². The van der Waals surface area contributed by atoms with E-state index in [-0.39, 0.29) is 5.69 Å². The van der Waals surface area contributed by atoms with Crippen molar-refractivity contribution in [2.24, 2.45) is 0 Å². The van der Waals surface area contributed by atoms with E-state index in [9.17, 15) is 8.78 Å². The number of aromatic nitrogens is 1. The quantitative estimate of drug-likeness (QED) is 0.639. The molecule has 1 aromatic rings. The van der Waals surface area contributed by atoms with Gasteiger partial charge in [0.2, 0.25) is 0 Å². The van der Waals surface area contributed by atoms with Crippen molar-refractivity contribution >= 4 is 6.08 Å². The SMILES string of the molecule is C=Cc1ccc(C(F)F)nc1. The van der Waals surface area contributed by atoms with Crippen molar-refractivity contribution in [1.82, 2.24) is 4.98 Å². The Labute approximate surface area is 63.4 Å². The zero-order chi connectivity index (χ0) is 8.27. The van der Waals surface area contributed by atoms with Gasteiger partial charge < -0.3 is 0 Å². The Morgan fingerprint density at radius 3 is 2.55 bits per heavy atom. The summed E-state index contributed by atoms with van der Waals surface area (Å²) in [4.78, 5) is 3.53. The van der Waals surface area contributed by atoms with Crippen LogP contribution < -0.4 is 0 Å². The molecule has 58 valence electrons. The number of pyridine rings is 1. The van der Waals surface area contributed by atoms with Crippen LogP contribution >= 0.6 is 0 Å². The Kier molecular flexibility index (Phi) is 2.31. The fourth-order valence-corrected chi connectivity index (χ4v) is 0.667. The van der Waals surface area contributed by atoms with Gasteiger partial charge in [0, 0.05) is 6.20 Å². The van der Waals surface area contributed by atoms with E-state index in [2.05, 4.69) is 11.6 Å². The standard InChI is InChI=1S/C8H7F2N/c1-2-6-3-4-7(8(9)10)11-5-6/h2-5,8H,1H2. The van der Waals surface area contributed by atoms with Crippen LogP contribution in [-0.4, -0.2) is 4.98 Å². The van der Waals surface area contributed by atoms with E-state index in [0.29, 0.717) is 0 Å². The third kappa shape index (κ3) is 1.83. The molecule has 1 rings (SSSR count). The van der Waals surface area contributed by atoms with Crippen molar-refractivity contribution in [3.63, 3.8) is 0 Å². The Hall–Kier alpha value is -1.25. The summed E-state index contributed by atoms with van der Waals surface area (Å²) in [6.07, 6.45) is 0.436. The van der Waals surface area contributed by atoms with E-state index in [0.717, 1.165) is 5.56 Å². The molecule has 0 aliphatic carbocycles. The summed E-state index contributed by atoms with van der Waals surface area (Å²) in [6.45, 7) is 3.48. The molecule has 11 heavy (non-hydrogen) atoms. The normalized spacial score (nSPS) is 10.1. The molecule has 0 aliphatic heterocycles. The van der Waals surface area contributed by atoms with Crippen LogP contribution in [0, 0.1) is 0 Å². The van der Waals surface area contributed by atoms with Gasteiger partial charge >= 0.3 is 0 Å². The lowest BCUT2D eigenvalue weighted by atomic mass is 10.2. The summed E-state index contributed by atoms with van der Waals surface area (Å²) >= 11 is 0. The average molecular weight is 155 g/mol. The maximum Gasteiger partial charge on any atom is 0.280 e. The topological polar surface area (TPSA) is 12.9 Å². The zero-order valence-corrected chi connectivity index (χ0v) is 5.80. The van der Waals surface area contributed by atoms with E-state index in [4.69, 9.17) is 0 Å². The van der Waals surface area contributed by atoms with Gasteiger partial charge in [-0.3, -0.25) is 4.98 Å². The first-order valence-corrected chi connectivity index (χ1v) is 3.10. The molecule has 0 bridgehead atoms. The Balaban J connectivity index is 2.91. The molecule has 0 saturated heterocycles. The molecule has 0 spiro atoms. The molecule has 0 fully saturated rings. The molecule has 0 amide bonds. The van der Waals surface area contributed by atoms with E-state index < -0.39 is 6.43 Å². The van der Waals surface area contributed by atoms with Crippen LogP contribution in [0.1, 0.15) is 17.7 Å². The Morgan fingerprint density at radius 2 is 2.18 bits per heavy atom. The highest BCUT2D eigenvalue weighted by atomic mass is 19.3. The van der Waals surface area contributed by atoms with Crippen LogP contribution in [-0.2, 0) is 0 Å². The summed E-state index contributed by atoms with van der Waals surface area (Å²) in [5.41, 5.74) is 0.546. The van der Waals surface area contributed by atoms with Crippen molar-refractivity contribution < 1.29 is 8.78 Å². The molecule has 0 unspecified atom stereocenters. The lowest BCUT2D eigenvalue weighted by Gasteiger charge is -1.97. The van der Waals surface area contributed by atoms with E-state index in [1.807, 2.05) is 0 Å². The number of nitrogens with zero attached hydrogens (tertiary/aromatic N) is 1. The third-order valence-electron chi connectivity index (χ3n) is 1.27. The molecule has 0 radical (unpaired) electrons. The first-order valence-electron chi connectivity index (χ1n) is 3.10. The lowest BCUT2D eigenvalue weighted by Crippen LogP contribution is -1.88. The first kappa shape index (κ1) is 7.85. The van der Waals surface area contributed by atoms with Gasteiger partial charge in [-0.05, 0) is 11.6 Å². The molecule has 0 N–H and O–H groups in total. The second-order valence-electron chi connectivity index (χ2n) is 2.02. The number of halogens is 2. The second-order valence-corrected chi connectivity index (χ2v) is 2.02. The Morgan fingerprint density at radius 1 is 1.45 bits per heavy atom. The van der Waals surface area contributed by atoms with Gasteiger partial charge in [-0.1, -0.05) is 18.7 Å². The first-order chi connectivity index (χ1) is 5.24. The van der Waals surface area contributed by atoms with E-state index in [1.165, 1.54) is 12.3 Å². The monoisotopic (exact) mass is 155 g/mol. The largest absolute Gasteiger partial charge is 0.280 e. The van der Waals surface area contributed by atoms with Crippen molar-refractivity contribution in [2.75, 3.05) is 0 Å². The molecular formula is C8H7F2N. The zero-order valence-electron chi connectivity index (χ0n) is 5.80. The summed E-state index contributed by atoms with van der Waals surface area (Å²) in [5, 5.41) is 0. The number of hydrogen-bond donors (Lipinski definition) is 0. The van der Waals surface area contributed by atoms with Crippen LogP contribution in [0.15, 0.2) is 24.9 Å². The van der Waals surface area contributed by atoms with Crippen LogP contribution in [0.4, 0.5) is 8.78 Å². The molecule has 0 atom stereocenters. The molecule has 1 heterocycles. The summed E-state index contributed by atoms with van der Waals surface area (Å²) in [5.74, 6) is 0. The maximum atomic E-state index is 11.9. The van der Waals surface area contributed by atoms with Gasteiger partial charge in [0.25, 0.3) is 6.43 Å². The number of alkyl halides is 2. The van der Waals surface area contributed by atoms with Crippen LogP contribution in [0.25, 0.3) is 6.08 Å². The second kappa shape index (κ2) is 3.23. The van der Waals surface area contributed by atoms with Gasteiger partial charge in [-0.15, -0.1) is 0 Å². The number of rotatable bonds is 2. The smallest absolute Gasteiger partial charge is 0.255 e. The average Bonchev–Trinajstić information content (AvgIpc) is 2.05. The van der Waals surface area contributed by atoms with E-state index in [1.54, 1.807) is 12.1 Å². The molecule has 1 aromatic heterocycles. The van der Waals surface area contributed by atoms with Gasteiger partial charge in [0.1, 0.15) is 5.69 Å². The fraction of sp³-hybridized carbons (Fsp3) is 0.125. The minimum atomic E-state index is -2.49. The minimum Gasteiger partial charge on any atom is -0.255 e. The third-order valence-corrected chi connectivity index (χ3v) is 1.27. The maximum absolute atomic E-state index is 11.9. The van der Waals surface area contributed by atoms with Gasteiger partial charge in [0.05, 0.1) is 0 Å². The van der Waals surface area contributed by atoms with Gasteiger partial charge in [-0.2, -0.15) is 0 Å². The van der Waals surface area contributed by atoms with Crippen LogP contribution in [0.2, 0.25) is 0 Å². The number of hydrogen-bond acceptors (Lipinski definition) is 1. The summed E-state index contributed by atoms with van der Waals surface area (Å²) in [6, 6.07) is 2.85. The van der Waals surface area contributed by atoms with Crippen molar-refractivity contribution in [2.45, 2.75) is 6.43 Å². The summed E-state index contributed by atoms with van der Waals surface area (Å²) < 4.78 is 23.8. The van der Waals surface area contributed by atoms with Crippen molar-refractivity contribution in [1.29, 1.82) is 0 Å². The van der Waals surface area contributed by atoms with E-state index >= 15 is 0 Å². The predicted molar refractivity (Wildman–Crippen MR) is 39.3 cm³/mol. The van der Waals surface area contributed by atoms with Crippen LogP contribution in [0.5, 0.6) is 0 Å². The fourth-order valence-electron chi connectivity index (χ4n) is 0.667. The molecule has 3 heteroatoms. The Bertz CT molecular complexity index is 241. The summed E-state index contributed by atoms with van der Waals surface area (Å²) in [7, 11) is 0. The molecular weight excluding hydrogens is 148 g/mol. The molecule has 1 nitrogen and oxygen atoms in total. The molecule has 0 saturated carbocycles. The highest BCUT2D eigenvalue weighted by Gasteiger charge is 2.06. The van der Waals surface area contributed by atoms with Crippen LogP contribution in [0.3, 0.4) is 0 Å². The van der Waals surface area contributed by atoms with Crippen molar-refractivity contribution in [3.8, 4) is 0 Å². The predicted octanol–water partition coefficient (Wildman–Crippen LogP) is 2.66. The lowest BCUT2D eigenvalue weighted by molar-refractivity contribution is 0.146. The molecule has 0 aliphatic rings. The minimum absolute atomic E-state index is 0.199.